The summed E-state index contributed by atoms with van der Waals surface area (Å²) in [4.78, 5) is 24.6. The largest absolute Gasteiger partial charge is 0.493 e. The van der Waals surface area contributed by atoms with Gasteiger partial charge in [0.1, 0.15) is 6.10 Å². The second kappa shape index (κ2) is 8.12. The molecule has 2 aromatic carbocycles. The number of carbonyl (C=O) groups excluding carboxylic acids is 2. The fourth-order valence-corrected chi connectivity index (χ4v) is 3.14. The van der Waals surface area contributed by atoms with Gasteiger partial charge in [-0.25, -0.2) is 0 Å². The smallest absolute Gasteiger partial charge is 0.307 e. The Bertz CT molecular complexity index is 831. The van der Waals surface area contributed by atoms with E-state index in [9.17, 15) is 9.59 Å². The number of aryl methyl sites for hydroxylation is 1. The molecule has 0 radical (unpaired) electrons. The first-order valence-corrected chi connectivity index (χ1v) is 8.76. The molecule has 1 aliphatic rings. The minimum atomic E-state index is -0.643. The number of hydrogen-bond acceptors (Lipinski definition) is 5. The standard InChI is InChI=1S/C21H23NO5/c1-13-4-6-14(7-5-13)12-22-21(24)16-11-19(23)27-20(16)15-8-9-17(25-2)18(10-15)26-3/h4-10,16,20H,11-12H2,1-3H3,(H,22,24)/t16-,20-/m1/s1. The summed E-state index contributed by atoms with van der Waals surface area (Å²) >= 11 is 0. The van der Waals surface area contributed by atoms with Crippen molar-refractivity contribution in [2.75, 3.05) is 14.2 Å². The SMILES string of the molecule is COc1ccc([C@H]2OC(=O)C[C@H]2C(=O)NCc2ccc(C)cc2)cc1OC. The number of cyclic esters (lactones) is 1. The van der Waals surface area contributed by atoms with Crippen LogP contribution in [0.25, 0.3) is 0 Å². The van der Waals surface area contributed by atoms with Crippen LogP contribution in [0, 0.1) is 12.8 Å². The summed E-state index contributed by atoms with van der Waals surface area (Å²) in [6.45, 7) is 2.42. The topological polar surface area (TPSA) is 73.9 Å². The molecule has 1 fully saturated rings. The van der Waals surface area contributed by atoms with Crippen molar-refractivity contribution in [2.45, 2.75) is 26.0 Å². The van der Waals surface area contributed by atoms with Crippen LogP contribution >= 0.6 is 0 Å². The molecule has 1 heterocycles. The van der Waals surface area contributed by atoms with Gasteiger partial charge in [-0.3, -0.25) is 9.59 Å². The van der Waals surface area contributed by atoms with Crippen LogP contribution in [0.3, 0.4) is 0 Å². The van der Waals surface area contributed by atoms with Crippen LogP contribution in [-0.4, -0.2) is 26.1 Å². The number of carbonyl (C=O) groups is 2. The van der Waals surface area contributed by atoms with Gasteiger partial charge in [-0.05, 0) is 30.2 Å². The summed E-state index contributed by atoms with van der Waals surface area (Å²) in [5.74, 6) is -0.0739. The third-order valence-electron chi connectivity index (χ3n) is 4.67. The molecule has 142 valence electrons. The fourth-order valence-electron chi connectivity index (χ4n) is 3.14. The van der Waals surface area contributed by atoms with Crippen molar-refractivity contribution in [1.82, 2.24) is 5.32 Å². The number of amides is 1. The van der Waals surface area contributed by atoms with Crippen molar-refractivity contribution < 1.29 is 23.8 Å². The van der Waals surface area contributed by atoms with E-state index in [1.54, 1.807) is 25.3 Å². The molecule has 1 saturated heterocycles. The van der Waals surface area contributed by atoms with Gasteiger partial charge in [-0.1, -0.05) is 35.9 Å². The van der Waals surface area contributed by atoms with Crippen LogP contribution in [0.15, 0.2) is 42.5 Å². The van der Waals surface area contributed by atoms with Gasteiger partial charge in [0, 0.05) is 6.54 Å². The van der Waals surface area contributed by atoms with Crippen LogP contribution < -0.4 is 14.8 Å². The van der Waals surface area contributed by atoms with Crippen molar-refractivity contribution in [3.8, 4) is 11.5 Å². The maximum Gasteiger partial charge on any atom is 0.307 e. The molecule has 0 unspecified atom stereocenters. The number of benzene rings is 2. The quantitative estimate of drug-likeness (QED) is 0.793. The summed E-state index contributed by atoms with van der Waals surface area (Å²) in [7, 11) is 3.09. The van der Waals surface area contributed by atoms with E-state index in [1.165, 1.54) is 7.11 Å². The van der Waals surface area contributed by atoms with E-state index in [-0.39, 0.29) is 18.3 Å². The minimum Gasteiger partial charge on any atom is -0.493 e. The molecule has 0 bridgehead atoms. The fraction of sp³-hybridized carbons (Fsp3) is 0.333. The van der Waals surface area contributed by atoms with Crippen molar-refractivity contribution in [2.24, 2.45) is 5.92 Å². The zero-order valence-electron chi connectivity index (χ0n) is 15.7. The Hall–Kier alpha value is -3.02. The summed E-state index contributed by atoms with van der Waals surface area (Å²) in [5, 5.41) is 2.90. The minimum absolute atomic E-state index is 0.0543. The molecule has 1 aliphatic heterocycles. The van der Waals surface area contributed by atoms with E-state index in [2.05, 4.69) is 5.32 Å². The van der Waals surface area contributed by atoms with Crippen molar-refractivity contribution in [1.29, 1.82) is 0 Å². The average molecular weight is 369 g/mol. The highest BCUT2D eigenvalue weighted by atomic mass is 16.6. The highest BCUT2D eigenvalue weighted by molar-refractivity contribution is 5.87. The molecular formula is C21H23NO5. The Morgan fingerprint density at radius 2 is 1.81 bits per heavy atom. The van der Waals surface area contributed by atoms with Gasteiger partial charge >= 0.3 is 5.97 Å². The lowest BCUT2D eigenvalue weighted by atomic mass is 9.94. The summed E-state index contributed by atoms with van der Waals surface area (Å²) in [6.07, 6.45) is -0.589. The van der Waals surface area contributed by atoms with Gasteiger partial charge in [0.05, 0.1) is 26.6 Å². The molecule has 2 aromatic rings. The number of nitrogens with one attached hydrogen (secondary N) is 1. The maximum atomic E-state index is 12.7. The van der Waals surface area contributed by atoms with Gasteiger partial charge in [0.25, 0.3) is 0 Å². The molecule has 27 heavy (non-hydrogen) atoms. The van der Waals surface area contributed by atoms with Gasteiger partial charge in [0.15, 0.2) is 11.5 Å². The summed E-state index contributed by atoms with van der Waals surface area (Å²) in [5.41, 5.74) is 2.87. The lowest BCUT2D eigenvalue weighted by Crippen LogP contribution is -2.32. The average Bonchev–Trinajstić information content (AvgIpc) is 3.08. The highest BCUT2D eigenvalue weighted by Gasteiger charge is 2.41. The van der Waals surface area contributed by atoms with E-state index in [1.807, 2.05) is 31.2 Å². The molecule has 6 heteroatoms. The molecule has 1 amide bonds. The van der Waals surface area contributed by atoms with Crippen LogP contribution in [0.2, 0.25) is 0 Å². The zero-order valence-corrected chi connectivity index (χ0v) is 15.7. The Labute approximate surface area is 158 Å². The lowest BCUT2D eigenvalue weighted by molar-refractivity contribution is -0.141. The zero-order chi connectivity index (χ0) is 19.4. The van der Waals surface area contributed by atoms with Crippen LogP contribution in [0.4, 0.5) is 0 Å². The third-order valence-corrected chi connectivity index (χ3v) is 4.67. The van der Waals surface area contributed by atoms with E-state index in [4.69, 9.17) is 14.2 Å². The normalized spacial score (nSPS) is 18.7. The van der Waals surface area contributed by atoms with Crippen molar-refractivity contribution in [3.63, 3.8) is 0 Å². The molecule has 0 spiro atoms. The molecule has 3 rings (SSSR count). The van der Waals surface area contributed by atoms with Crippen molar-refractivity contribution >= 4 is 11.9 Å². The molecule has 0 saturated carbocycles. The summed E-state index contributed by atoms with van der Waals surface area (Å²) < 4.78 is 16.0. The molecule has 0 aromatic heterocycles. The number of rotatable bonds is 6. The monoisotopic (exact) mass is 369 g/mol. The first kappa shape index (κ1) is 18.8. The maximum absolute atomic E-state index is 12.7. The lowest BCUT2D eigenvalue weighted by Gasteiger charge is -2.19. The third kappa shape index (κ3) is 4.22. The first-order chi connectivity index (χ1) is 13.0. The van der Waals surface area contributed by atoms with Crippen LogP contribution in [0.5, 0.6) is 11.5 Å². The summed E-state index contributed by atoms with van der Waals surface area (Å²) in [6, 6.07) is 13.2. The highest BCUT2D eigenvalue weighted by Crippen LogP contribution is 2.39. The molecular weight excluding hydrogens is 346 g/mol. The second-order valence-corrected chi connectivity index (χ2v) is 6.54. The first-order valence-electron chi connectivity index (χ1n) is 8.76. The molecule has 0 aliphatic carbocycles. The number of ether oxygens (including phenoxy) is 3. The van der Waals surface area contributed by atoms with E-state index >= 15 is 0 Å². The predicted octanol–water partition coefficient (Wildman–Crippen LogP) is 2.93. The van der Waals surface area contributed by atoms with E-state index in [0.717, 1.165) is 11.1 Å². The Morgan fingerprint density at radius 3 is 2.48 bits per heavy atom. The van der Waals surface area contributed by atoms with Crippen LogP contribution in [0.1, 0.15) is 29.2 Å². The predicted molar refractivity (Wildman–Crippen MR) is 99.5 cm³/mol. The van der Waals surface area contributed by atoms with Gasteiger partial charge in [0.2, 0.25) is 5.91 Å². The number of esters is 1. The van der Waals surface area contributed by atoms with E-state index in [0.29, 0.717) is 23.6 Å². The van der Waals surface area contributed by atoms with Gasteiger partial charge in [-0.15, -0.1) is 0 Å². The van der Waals surface area contributed by atoms with Crippen molar-refractivity contribution in [3.05, 3.63) is 59.2 Å². The Kier molecular flexibility index (Phi) is 5.64. The second-order valence-electron chi connectivity index (χ2n) is 6.54. The van der Waals surface area contributed by atoms with E-state index < -0.39 is 12.0 Å². The Morgan fingerprint density at radius 1 is 1.11 bits per heavy atom. The van der Waals surface area contributed by atoms with Gasteiger partial charge in [-0.2, -0.15) is 0 Å². The number of methoxy groups -OCH3 is 2. The molecule has 1 N–H and O–H groups in total. The molecule has 2 atom stereocenters. The Balaban J connectivity index is 1.74. The van der Waals surface area contributed by atoms with Gasteiger partial charge < -0.3 is 19.5 Å². The molecule has 6 nitrogen and oxygen atoms in total. The number of hydrogen-bond donors (Lipinski definition) is 1. The van der Waals surface area contributed by atoms with Crippen LogP contribution in [-0.2, 0) is 20.9 Å².